The first-order valence-corrected chi connectivity index (χ1v) is 9.59. The maximum atomic E-state index is 13.5. The molecule has 0 aliphatic carbocycles. The third-order valence-electron chi connectivity index (χ3n) is 3.66. The Hall–Kier alpha value is -2.45. The normalized spacial score (nSPS) is 11.4. The van der Waals surface area contributed by atoms with Gasteiger partial charge in [-0.05, 0) is 30.3 Å². The molecule has 140 valence electrons. The molecule has 0 saturated carbocycles. The quantitative estimate of drug-likeness (QED) is 0.764. The van der Waals surface area contributed by atoms with Crippen LogP contribution in [-0.2, 0) is 14.8 Å². The molecule has 1 N–H and O–H groups in total. The number of halogens is 1. The lowest BCUT2D eigenvalue weighted by Crippen LogP contribution is -2.30. The molecular formula is C18H21FN2O4S. The number of amides is 1. The van der Waals surface area contributed by atoms with E-state index in [9.17, 15) is 17.6 Å². The lowest BCUT2D eigenvalue weighted by Gasteiger charge is -2.18. The van der Waals surface area contributed by atoms with Gasteiger partial charge in [-0.15, -0.1) is 0 Å². The summed E-state index contributed by atoms with van der Waals surface area (Å²) in [6, 6.07) is 11.7. The van der Waals surface area contributed by atoms with Crippen molar-refractivity contribution in [3.63, 3.8) is 0 Å². The molecule has 0 saturated heterocycles. The molecule has 0 atom stereocenters. The van der Waals surface area contributed by atoms with Gasteiger partial charge >= 0.3 is 0 Å². The van der Waals surface area contributed by atoms with Crippen LogP contribution >= 0.6 is 0 Å². The largest absolute Gasteiger partial charge is 0.481 e. The molecule has 2 aromatic rings. The second kappa shape index (κ2) is 8.77. The van der Waals surface area contributed by atoms with Gasteiger partial charge in [-0.3, -0.25) is 4.79 Å². The molecule has 0 heterocycles. The van der Waals surface area contributed by atoms with Crippen LogP contribution in [0.25, 0.3) is 0 Å². The van der Waals surface area contributed by atoms with Crippen molar-refractivity contribution in [2.45, 2.75) is 18.7 Å². The number of carbonyl (C=O) groups is 1. The van der Waals surface area contributed by atoms with Gasteiger partial charge in [0, 0.05) is 18.8 Å². The van der Waals surface area contributed by atoms with E-state index >= 15 is 0 Å². The first kappa shape index (κ1) is 19.9. The zero-order chi connectivity index (χ0) is 19.2. The molecule has 0 fully saturated rings. The third-order valence-corrected chi connectivity index (χ3v) is 5.70. The molecule has 0 spiro atoms. The van der Waals surface area contributed by atoms with Crippen LogP contribution in [-0.4, -0.2) is 38.3 Å². The fourth-order valence-corrected chi connectivity index (χ4v) is 3.85. The molecule has 0 radical (unpaired) electrons. The molecule has 2 aromatic carbocycles. The number of hydrogen-bond acceptors (Lipinski definition) is 4. The first-order valence-electron chi connectivity index (χ1n) is 8.15. The zero-order valence-corrected chi connectivity index (χ0v) is 15.4. The number of carbonyl (C=O) groups excluding carboxylic acids is 1. The predicted molar refractivity (Wildman–Crippen MR) is 97.1 cm³/mol. The van der Waals surface area contributed by atoms with Crippen molar-refractivity contribution in [1.82, 2.24) is 4.31 Å². The monoisotopic (exact) mass is 380 g/mol. The fourth-order valence-electron chi connectivity index (χ4n) is 2.35. The maximum Gasteiger partial charge on any atom is 0.262 e. The highest BCUT2D eigenvalue weighted by Gasteiger charge is 2.21. The van der Waals surface area contributed by atoms with E-state index in [1.807, 2.05) is 0 Å². The summed E-state index contributed by atoms with van der Waals surface area (Å²) in [7, 11) is -3.62. The second-order valence-corrected chi connectivity index (χ2v) is 7.32. The summed E-state index contributed by atoms with van der Waals surface area (Å²) >= 11 is 0. The molecule has 0 aliphatic heterocycles. The van der Waals surface area contributed by atoms with E-state index in [1.54, 1.807) is 32.0 Å². The van der Waals surface area contributed by atoms with E-state index in [2.05, 4.69) is 5.32 Å². The fraction of sp³-hybridized carbons (Fsp3) is 0.278. The number of hydrogen-bond donors (Lipinski definition) is 1. The van der Waals surface area contributed by atoms with Crippen molar-refractivity contribution in [2.24, 2.45) is 0 Å². The molecule has 0 aromatic heterocycles. The van der Waals surface area contributed by atoms with Crippen molar-refractivity contribution >= 4 is 21.6 Å². The predicted octanol–water partition coefficient (Wildman–Crippen LogP) is 2.87. The van der Waals surface area contributed by atoms with Gasteiger partial charge in [-0.2, -0.15) is 4.31 Å². The summed E-state index contributed by atoms with van der Waals surface area (Å²) in [5.74, 6) is -1.11. The average molecular weight is 380 g/mol. The molecule has 1 amide bonds. The molecular weight excluding hydrogens is 359 g/mol. The van der Waals surface area contributed by atoms with Crippen LogP contribution in [0.15, 0.2) is 53.4 Å². The van der Waals surface area contributed by atoms with Crippen molar-refractivity contribution in [2.75, 3.05) is 25.0 Å². The van der Waals surface area contributed by atoms with E-state index in [4.69, 9.17) is 4.74 Å². The Labute approximate surface area is 152 Å². The van der Waals surface area contributed by atoms with Gasteiger partial charge in [0.1, 0.15) is 0 Å². The van der Waals surface area contributed by atoms with Crippen molar-refractivity contribution < 1.29 is 22.3 Å². The summed E-state index contributed by atoms with van der Waals surface area (Å²) in [5.41, 5.74) is 0.320. The van der Waals surface area contributed by atoms with E-state index < -0.39 is 28.4 Å². The molecule has 2 rings (SSSR count). The Bertz CT molecular complexity index is 867. The van der Waals surface area contributed by atoms with Crippen LogP contribution in [0.3, 0.4) is 0 Å². The van der Waals surface area contributed by atoms with Crippen molar-refractivity contribution in [3.05, 3.63) is 54.3 Å². The lowest BCUT2D eigenvalue weighted by atomic mass is 10.3. The van der Waals surface area contributed by atoms with E-state index in [0.717, 1.165) is 0 Å². The molecule has 8 heteroatoms. The van der Waals surface area contributed by atoms with Gasteiger partial charge in [-0.1, -0.05) is 32.0 Å². The highest BCUT2D eigenvalue weighted by molar-refractivity contribution is 7.89. The number of rotatable bonds is 8. The molecule has 26 heavy (non-hydrogen) atoms. The van der Waals surface area contributed by atoms with Gasteiger partial charge < -0.3 is 10.1 Å². The zero-order valence-electron chi connectivity index (χ0n) is 14.6. The maximum absolute atomic E-state index is 13.5. The van der Waals surface area contributed by atoms with Crippen LogP contribution in [0.1, 0.15) is 13.8 Å². The minimum Gasteiger partial charge on any atom is -0.481 e. The highest BCUT2D eigenvalue weighted by Crippen LogP contribution is 2.20. The minimum atomic E-state index is -3.62. The number of anilines is 1. The number of nitrogens with zero attached hydrogens (tertiary/aromatic N) is 1. The Balaban J connectivity index is 2.06. The van der Waals surface area contributed by atoms with Crippen LogP contribution in [0, 0.1) is 5.82 Å². The van der Waals surface area contributed by atoms with Crippen LogP contribution in [0.4, 0.5) is 10.1 Å². The van der Waals surface area contributed by atoms with Gasteiger partial charge in [-0.25, -0.2) is 12.8 Å². The molecule has 0 bridgehead atoms. The number of sulfonamides is 1. The van der Waals surface area contributed by atoms with Gasteiger partial charge in [0.15, 0.2) is 18.2 Å². The number of benzene rings is 2. The average Bonchev–Trinajstić information content (AvgIpc) is 2.62. The SMILES string of the molecule is CCN(CC)S(=O)(=O)c1cccc(NC(=O)COc2ccccc2F)c1. The standard InChI is InChI=1S/C18H21FN2O4S/c1-3-21(4-2)26(23,24)15-9-7-8-14(12-15)20-18(22)13-25-17-11-6-5-10-16(17)19/h5-12H,3-4,13H2,1-2H3,(H,20,22). The van der Waals surface area contributed by atoms with Gasteiger partial charge in [0.05, 0.1) is 4.90 Å². The number of nitrogens with one attached hydrogen (secondary N) is 1. The number of para-hydroxylation sites is 1. The Morgan fingerprint density at radius 3 is 2.46 bits per heavy atom. The topological polar surface area (TPSA) is 75.7 Å². The summed E-state index contributed by atoms with van der Waals surface area (Å²) in [6.45, 7) is 3.82. The summed E-state index contributed by atoms with van der Waals surface area (Å²) < 4.78 is 45.0. The summed E-state index contributed by atoms with van der Waals surface area (Å²) in [4.78, 5) is 12.1. The van der Waals surface area contributed by atoms with E-state index in [1.165, 1.54) is 34.6 Å². The molecule has 0 unspecified atom stereocenters. The van der Waals surface area contributed by atoms with E-state index in [0.29, 0.717) is 18.8 Å². The van der Waals surface area contributed by atoms with Crippen LogP contribution in [0.2, 0.25) is 0 Å². The molecule has 6 nitrogen and oxygen atoms in total. The third kappa shape index (κ3) is 4.80. The smallest absolute Gasteiger partial charge is 0.262 e. The minimum absolute atomic E-state index is 0.0273. The second-order valence-electron chi connectivity index (χ2n) is 5.38. The van der Waals surface area contributed by atoms with Crippen LogP contribution < -0.4 is 10.1 Å². The van der Waals surface area contributed by atoms with Crippen LogP contribution in [0.5, 0.6) is 5.75 Å². The Kier molecular flexibility index (Phi) is 6.70. The molecule has 0 aliphatic rings. The highest BCUT2D eigenvalue weighted by atomic mass is 32.2. The first-order chi connectivity index (χ1) is 12.4. The van der Waals surface area contributed by atoms with Gasteiger partial charge in [0.2, 0.25) is 10.0 Å². The Morgan fingerprint density at radius 2 is 1.81 bits per heavy atom. The number of ether oxygens (including phenoxy) is 1. The van der Waals surface area contributed by atoms with E-state index in [-0.39, 0.29) is 10.6 Å². The summed E-state index contributed by atoms with van der Waals surface area (Å²) in [6.07, 6.45) is 0. The van der Waals surface area contributed by atoms with Gasteiger partial charge in [0.25, 0.3) is 5.91 Å². The lowest BCUT2D eigenvalue weighted by molar-refractivity contribution is -0.118. The van der Waals surface area contributed by atoms with Crippen molar-refractivity contribution in [3.8, 4) is 5.75 Å². The summed E-state index contributed by atoms with van der Waals surface area (Å²) in [5, 5.41) is 2.55. The Morgan fingerprint density at radius 1 is 1.12 bits per heavy atom. The van der Waals surface area contributed by atoms with Crippen molar-refractivity contribution in [1.29, 1.82) is 0 Å².